The van der Waals surface area contributed by atoms with E-state index in [0.29, 0.717) is 4.47 Å². The van der Waals surface area contributed by atoms with Gasteiger partial charge in [0.2, 0.25) is 0 Å². The van der Waals surface area contributed by atoms with E-state index in [9.17, 15) is 9.18 Å². The molecule has 5 heteroatoms. The predicted molar refractivity (Wildman–Crippen MR) is 61.2 cm³/mol. The number of halogens is 2. The molecule has 0 bridgehead atoms. The summed E-state index contributed by atoms with van der Waals surface area (Å²) in [4.78, 5) is 11.6. The summed E-state index contributed by atoms with van der Waals surface area (Å²) in [7, 11) is 0. The molecule has 0 saturated carbocycles. The molecule has 0 heterocycles. The van der Waals surface area contributed by atoms with E-state index < -0.39 is 11.7 Å². The third kappa shape index (κ3) is 3.04. The molecule has 1 N–H and O–H groups in total. The number of benzene rings is 1. The summed E-state index contributed by atoms with van der Waals surface area (Å²) < 4.78 is 13.7. The molecule has 84 valence electrons. The Labute approximate surface area is 101 Å². The van der Waals surface area contributed by atoms with Crippen molar-refractivity contribution in [2.75, 3.05) is 6.54 Å². The first kappa shape index (κ1) is 12.7. The van der Waals surface area contributed by atoms with Gasteiger partial charge in [-0.25, -0.2) is 4.39 Å². The molecule has 1 amide bonds. The molecule has 0 aliphatic carbocycles. The Balaban J connectivity index is 2.78. The van der Waals surface area contributed by atoms with Crippen molar-refractivity contribution in [1.82, 2.24) is 5.32 Å². The van der Waals surface area contributed by atoms with Crippen LogP contribution in [0.3, 0.4) is 0 Å². The lowest BCUT2D eigenvalue weighted by atomic mass is 10.1. The molecule has 0 spiro atoms. The average molecular weight is 285 g/mol. The highest BCUT2D eigenvalue weighted by Crippen LogP contribution is 2.19. The molecule has 16 heavy (non-hydrogen) atoms. The number of nitrogens with zero attached hydrogens (tertiary/aromatic N) is 1. The Morgan fingerprint density at radius 1 is 1.69 bits per heavy atom. The lowest BCUT2D eigenvalue weighted by Crippen LogP contribution is -2.28. The largest absolute Gasteiger partial charge is 0.351 e. The van der Waals surface area contributed by atoms with Gasteiger partial charge < -0.3 is 5.32 Å². The quantitative estimate of drug-likeness (QED) is 0.927. The summed E-state index contributed by atoms with van der Waals surface area (Å²) in [6.45, 7) is 1.88. The third-order valence-corrected chi connectivity index (χ3v) is 2.64. The topological polar surface area (TPSA) is 52.9 Å². The minimum absolute atomic E-state index is 0.0346. The molecular formula is C11H10BrFN2O. The first-order valence-electron chi connectivity index (χ1n) is 4.68. The standard InChI is InChI=1S/C11H10BrFN2O/c1-7(5-14)6-15-11(16)10-8(12)3-2-4-9(10)13/h2-4,7H,6H2,1H3,(H,15,16). The van der Waals surface area contributed by atoms with E-state index in [2.05, 4.69) is 21.2 Å². The Hall–Kier alpha value is -1.41. The van der Waals surface area contributed by atoms with E-state index in [1.54, 1.807) is 13.0 Å². The maximum Gasteiger partial charge on any atom is 0.255 e. The molecule has 1 aromatic carbocycles. The van der Waals surface area contributed by atoms with Crippen LogP contribution in [0.25, 0.3) is 0 Å². The molecule has 0 aliphatic rings. The van der Waals surface area contributed by atoms with Gasteiger partial charge in [0.15, 0.2) is 0 Å². The number of rotatable bonds is 3. The van der Waals surface area contributed by atoms with Gasteiger partial charge in [-0.15, -0.1) is 0 Å². The fraction of sp³-hybridized carbons (Fsp3) is 0.273. The van der Waals surface area contributed by atoms with Gasteiger partial charge in [0.1, 0.15) is 5.82 Å². The molecule has 1 aromatic rings. The summed E-state index contributed by atoms with van der Waals surface area (Å²) in [6, 6.07) is 6.29. The van der Waals surface area contributed by atoms with Crippen molar-refractivity contribution in [2.45, 2.75) is 6.92 Å². The van der Waals surface area contributed by atoms with Gasteiger partial charge in [-0.3, -0.25) is 4.79 Å². The SMILES string of the molecule is CC(C#N)CNC(=O)c1c(F)cccc1Br. The first-order valence-corrected chi connectivity index (χ1v) is 5.47. The molecule has 0 aromatic heterocycles. The number of nitriles is 1. The molecule has 3 nitrogen and oxygen atoms in total. The van der Waals surface area contributed by atoms with Crippen LogP contribution in [0.5, 0.6) is 0 Å². The van der Waals surface area contributed by atoms with Crippen molar-refractivity contribution in [1.29, 1.82) is 5.26 Å². The summed E-state index contributed by atoms with van der Waals surface area (Å²) in [5, 5.41) is 11.0. The maximum absolute atomic E-state index is 13.4. The van der Waals surface area contributed by atoms with Crippen LogP contribution in [0.4, 0.5) is 4.39 Å². The number of hydrogen-bond donors (Lipinski definition) is 1. The number of carbonyl (C=O) groups excluding carboxylic acids is 1. The molecule has 1 atom stereocenters. The fourth-order valence-electron chi connectivity index (χ4n) is 1.09. The molecule has 0 radical (unpaired) electrons. The van der Waals surface area contributed by atoms with Crippen LogP contribution in [0.2, 0.25) is 0 Å². The zero-order valence-electron chi connectivity index (χ0n) is 8.63. The lowest BCUT2D eigenvalue weighted by Gasteiger charge is -2.08. The van der Waals surface area contributed by atoms with Crippen molar-refractivity contribution in [3.8, 4) is 6.07 Å². The number of hydrogen-bond acceptors (Lipinski definition) is 2. The van der Waals surface area contributed by atoms with Crippen LogP contribution >= 0.6 is 15.9 Å². The summed E-state index contributed by atoms with van der Waals surface area (Å²) in [6.07, 6.45) is 0. The predicted octanol–water partition coefficient (Wildman–Crippen LogP) is 2.48. The second-order valence-electron chi connectivity index (χ2n) is 3.34. The first-order chi connectivity index (χ1) is 7.56. The Kier molecular flexibility index (Phi) is 4.44. The number of carbonyl (C=O) groups is 1. The van der Waals surface area contributed by atoms with Crippen LogP contribution in [-0.4, -0.2) is 12.5 Å². The third-order valence-electron chi connectivity index (χ3n) is 1.98. The minimum atomic E-state index is -0.587. The van der Waals surface area contributed by atoms with Crippen LogP contribution in [-0.2, 0) is 0 Å². The normalized spacial score (nSPS) is 11.6. The van der Waals surface area contributed by atoms with Gasteiger partial charge in [-0.05, 0) is 35.0 Å². The summed E-state index contributed by atoms with van der Waals surface area (Å²) in [5.41, 5.74) is -0.0346. The smallest absolute Gasteiger partial charge is 0.255 e. The summed E-state index contributed by atoms with van der Waals surface area (Å²) in [5.74, 6) is -1.40. The Bertz CT molecular complexity index is 422. The Morgan fingerprint density at radius 2 is 2.38 bits per heavy atom. The van der Waals surface area contributed by atoms with Crippen molar-refractivity contribution in [3.05, 3.63) is 34.1 Å². The monoisotopic (exact) mass is 284 g/mol. The highest BCUT2D eigenvalue weighted by molar-refractivity contribution is 9.10. The summed E-state index contributed by atoms with van der Waals surface area (Å²) >= 11 is 3.11. The maximum atomic E-state index is 13.4. The van der Waals surface area contributed by atoms with E-state index in [1.807, 2.05) is 6.07 Å². The van der Waals surface area contributed by atoms with Gasteiger partial charge in [0.05, 0.1) is 17.6 Å². The molecule has 0 aliphatic heterocycles. The highest BCUT2D eigenvalue weighted by atomic mass is 79.9. The van der Waals surface area contributed by atoms with E-state index in [-0.39, 0.29) is 18.0 Å². The Morgan fingerprint density at radius 3 is 2.94 bits per heavy atom. The van der Waals surface area contributed by atoms with Crippen LogP contribution in [0.1, 0.15) is 17.3 Å². The van der Waals surface area contributed by atoms with Crippen molar-refractivity contribution in [3.63, 3.8) is 0 Å². The minimum Gasteiger partial charge on any atom is -0.351 e. The van der Waals surface area contributed by atoms with E-state index in [4.69, 9.17) is 5.26 Å². The molecule has 1 unspecified atom stereocenters. The zero-order chi connectivity index (χ0) is 12.1. The molecule has 0 fully saturated rings. The van der Waals surface area contributed by atoms with E-state index in [0.717, 1.165) is 0 Å². The molecule has 0 saturated heterocycles. The zero-order valence-corrected chi connectivity index (χ0v) is 10.2. The fourth-order valence-corrected chi connectivity index (χ4v) is 1.62. The van der Waals surface area contributed by atoms with E-state index >= 15 is 0 Å². The average Bonchev–Trinajstić information content (AvgIpc) is 2.25. The highest BCUT2D eigenvalue weighted by Gasteiger charge is 2.15. The number of amides is 1. The van der Waals surface area contributed by atoms with Gasteiger partial charge in [-0.2, -0.15) is 5.26 Å². The van der Waals surface area contributed by atoms with Gasteiger partial charge in [-0.1, -0.05) is 6.07 Å². The second-order valence-corrected chi connectivity index (χ2v) is 4.19. The van der Waals surface area contributed by atoms with Crippen molar-refractivity contribution >= 4 is 21.8 Å². The lowest BCUT2D eigenvalue weighted by molar-refractivity contribution is 0.0946. The van der Waals surface area contributed by atoms with Crippen LogP contribution < -0.4 is 5.32 Å². The van der Waals surface area contributed by atoms with Crippen LogP contribution in [0.15, 0.2) is 22.7 Å². The van der Waals surface area contributed by atoms with Crippen molar-refractivity contribution in [2.24, 2.45) is 5.92 Å². The second kappa shape index (κ2) is 5.61. The van der Waals surface area contributed by atoms with E-state index in [1.165, 1.54) is 12.1 Å². The van der Waals surface area contributed by atoms with Crippen LogP contribution in [0, 0.1) is 23.1 Å². The number of nitrogens with one attached hydrogen (secondary N) is 1. The van der Waals surface area contributed by atoms with Crippen molar-refractivity contribution < 1.29 is 9.18 Å². The molecular weight excluding hydrogens is 275 g/mol. The van der Waals surface area contributed by atoms with Gasteiger partial charge in [0.25, 0.3) is 5.91 Å². The van der Waals surface area contributed by atoms with Gasteiger partial charge in [0, 0.05) is 11.0 Å². The van der Waals surface area contributed by atoms with Gasteiger partial charge >= 0.3 is 0 Å². The molecule has 1 rings (SSSR count).